The summed E-state index contributed by atoms with van der Waals surface area (Å²) >= 11 is 0. The molecule has 2 saturated heterocycles. The topological polar surface area (TPSA) is 48.9 Å². The summed E-state index contributed by atoms with van der Waals surface area (Å²) in [6.45, 7) is 7.44. The smallest absolute Gasteiger partial charge is 0.373 e. The van der Waals surface area contributed by atoms with E-state index >= 15 is 0 Å². The zero-order valence-corrected chi connectivity index (χ0v) is 16.0. The minimum Gasteiger partial charge on any atom is -0.373 e. The number of piperidine rings is 1. The highest BCUT2D eigenvalue weighted by atomic mass is 19.4. The summed E-state index contributed by atoms with van der Waals surface area (Å²) in [7, 11) is 0. The summed E-state index contributed by atoms with van der Waals surface area (Å²) < 4.78 is 43.1. The lowest BCUT2D eigenvalue weighted by Crippen LogP contribution is -2.42. The molecule has 0 aromatic rings. The number of nitrogens with one attached hydrogen (secondary N) is 2. The zero-order chi connectivity index (χ0) is 19.0. The van der Waals surface area contributed by atoms with Crippen molar-refractivity contribution in [2.45, 2.75) is 57.7 Å². The summed E-state index contributed by atoms with van der Waals surface area (Å²) in [5, 5.41) is 6.59. The van der Waals surface area contributed by atoms with Crippen molar-refractivity contribution < 1.29 is 17.9 Å². The third-order valence-corrected chi connectivity index (χ3v) is 5.17. The Labute approximate surface area is 154 Å². The molecule has 0 radical (unpaired) electrons. The molecule has 0 saturated carbocycles. The molecule has 5 nitrogen and oxygen atoms in total. The van der Waals surface area contributed by atoms with Gasteiger partial charge in [0.1, 0.15) is 0 Å². The monoisotopic (exact) mass is 378 g/mol. The fourth-order valence-electron chi connectivity index (χ4n) is 3.63. The van der Waals surface area contributed by atoms with Crippen LogP contribution in [0.2, 0.25) is 0 Å². The van der Waals surface area contributed by atoms with Crippen molar-refractivity contribution in [1.82, 2.24) is 15.5 Å². The Morgan fingerprint density at radius 3 is 2.58 bits per heavy atom. The number of hydrogen-bond donors (Lipinski definition) is 2. The molecule has 2 aliphatic rings. The molecule has 2 rings (SSSR count). The normalized spacial score (nSPS) is 26.3. The van der Waals surface area contributed by atoms with Crippen molar-refractivity contribution in [2.24, 2.45) is 10.9 Å². The quantitative estimate of drug-likeness (QED) is 0.528. The van der Waals surface area contributed by atoms with E-state index in [-0.39, 0.29) is 5.60 Å². The van der Waals surface area contributed by atoms with Crippen molar-refractivity contribution in [3.05, 3.63) is 0 Å². The first kappa shape index (κ1) is 21.3. The van der Waals surface area contributed by atoms with Gasteiger partial charge in [0.25, 0.3) is 0 Å². The van der Waals surface area contributed by atoms with Crippen LogP contribution in [0.15, 0.2) is 4.99 Å². The van der Waals surface area contributed by atoms with Crippen LogP contribution < -0.4 is 10.6 Å². The van der Waals surface area contributed by atoms with Gasteiger partial charge in [-0.1, -0.05) is 0 Å². The number of hydrogen-bond acceptors (Lipinski definition) is 3. The van der Waals surface area contributed by atoms with Crippen LogP contribution in [0.5, 0.6) is 0 Å². The molecule has 8 heteroatoms. The largest absolute Gasteiger partial charge is 0.401 e. The number of aliphatic imine (C=N–C) groups is 1. The molecule has 0 spiro atoms. The standard InChI is InChI=1S/C18H33F3N4O/c1-3-22-16(24-13-17(2)8-4-12-26-17)23-9-5-15-6-10-25(11-7-15)14-18(19,20)21/h15H,3-14H2,1-2H3,(H2,22,23,24). The Morgan fingerprint density at radius 2 is 2.00 bits per heavy atom. The van der Waals surface area contributed by atoms with Gasteiger partial charge in [-0.05, 0) is 65.0 Å². The van der Waals surface area contributed by atoms with Gasteiger partial charge in [-0.3, -0.25) is 9.89 Å². The summed E-state index contributed by atoms with van der Waals surface area (Å²) in [5.41, 5.74) is -0.159. The van der Waals surface area contributed by atoms with Gasteiger partial charge >= 0.3 is 6.18 Å². The first-order chi connectivity index (χ1) is 12.3. The summed E-state index contributed by atoms with van der Waals surface area (Å²) in [4.78, 5) is 6.15. The van der Waals surface area contributed by atoms with Crippen LogP contribution in [-0.4, -0.2) is 68.5 Å². The van der Waals surface area contributed by atoms with Crippen LogP contribution in [0.1, 0.15) is 46.0 Å². The van der Waals surface area contributed by atoms with E-state index in [0.717, 1.165) is 57.8 Å². The number of halogens is 3. The van der Waals surface area contributed by atoms with Crippen molar-refractivity contribution in [3.63, 3.8) is 0 Å². The van der Waals surface area contributed by atoms with Crippen molar-refractivity contribution >= 4 is 5.96 Å². The summed E-state index contributed by atoms with van der Waals surface area (Å²) in [6, 6.07) is 0. The van der Waals surface area contributed by atoms with Gasteiger partial charge < -0.3 is 15.4 Å². The third kappa shape index (κ3) is 7.70. The number of likely N-dealkylation sites (tertiary alicyclic amines) is 1. The molecule has 0 aromatic heterocycles. The second-order valence-corrected chi connectivity index (χ2v) is 7.65. The third-order valence-electron chi connectivity index (χ3n) is 5.17. The van der Waals surface area contributed by atoms with Crippen molar-refractivity contribution in [1.29, 1.82) is 0 Å². The average molecular weight is 378 g/mol. The van der Waals surface area contributed by atoms with E-state index in [4.69, 9.17) is 4.74 Å². The Hall–Kier alpha value is -1.02. The highest BCUT2D eigenvalue weighted by Gasteiger charge is 2.32. The van der Waals surface area contributed by atoms with Crippen LogP contribution in [-0.2, 0) is 4.74 Å². The Bertz CT molecular complexity index is 442. The van der Waals surface area contributed by atoms with E-state index in [9.17, 15) is 13.2 Å². The number of ether oxygens (including phenoxy) is 1. The lowest BCUT2D eigenvalue weighted by atomic mass is 9.93. The Balaban J connectivity index is 1.68. The van der Waals surface area contributed by atoms with Crippen molar-refractivity contribution in [2.75, 3.05) is 45.9 Å². The molecule has 2 heterocycles. The van der Waals surface area contributed by atoms with Gasteiger partial charge in [-0.2, -0.15) is 13.2 Å². The predicted octanol–water partition coefficient (Wildman–Crippen LogP) is 2.78. The van der Waals surface area contributed by atoms with Gasteiger partial charge in [-0.15, -0.1) is 0 Å². The maximum absolute atomic E-state index is 12.4. The van der Waals surface area contributed by atoms with Crippen LogP contribution in [0.4, 0.5) is 13.2 Å². The molecule has 0 aromatic carbocycles. The molecule has 2 aliphatic heterocycles. The molecular weight excluding hydrogens is 345 g/mol. The van der Waals surface area contributed by atoms with E-state index in [0.29, 0.717) is 25.6 Å². The van der Waals surface area contributed by atoms with E-state index < -0.39 is 12.7 Å². The average Bonchev–Trinajstić information content (AvgIpc) is 3.00. The SMILES string of the molecule is CCNC(=NCC1(C)CCCO1)NCCC1CCN(CC(F)(F)F)CC1. The van der Waals surface area contributed by atoms with E-state index in [1.165, 1.54) is 4.90 Å². The molecule has 0 bridgehead atoms. The highest BCUT2D eigenvalue weighted by molar-refractivity contribution is 5.79. The molecule has 2 N–H and O–H groups in total. The first-order valence-corrected chi connectivity index (χ1v) is 9.75. The van der Waals surface area contributed by atoms with E-state index in [2.05, 4.69) is 22.5 Å². The Morgan fingerprint density at radius 1 is 1.27 bits per heavy atom. The number of alkyl halides is 3. The van der Waals surface area contributed by atoms with Gasteiger partial charge in [-0.25, -0.2) is 0 Å². The maximum Gasteiger partial charge on any atom is 0.401 e. The molecule has 152 valence electrons. The summed E-state index contributed by atoms with van der Waals surface area (Å²) in [5.74, 6) is 1.27. The minimum atomic E-state index is -4.09. The number of rotatable bonds is 7. The minimum absolute atomic E-state index is 0.159. The summed E-state index contributed by atoms with van der Waals surface area (Å²) in [6.07, 6.45) is 0.646. The molecule has 1 atom stereocenters. The van der Waals surface area contributed by atoms with Crippen molar-refractivity contribution in [3.8, 4) is 0 Å². The predicted molar refractivity (Wildman–Crippen MR) is 97.4 cm³/mol. The molecule has 1 unspecified atom stereocenters. The molecule has 0 aliphatic carbocycles. The molecule has 26 heavy (non-hydrogen) atoms. The zero-order valence-electron chi connectivity index (χ0n) is 16.0. The second-order valence-electron chi connectivity index (χ2n) is 7.65. The molecule has 0 amide bonds. The fourth-order valence-corrected chi connectivity index (χ4v) is 3.63. The van der Waals surface area contributed by atoms with E-state index in [1.807, 2.05) is 6.92 Å². The number of guanidine groups is 1. The molecular formula is C18H33F3N4O. The number of nitrogens with zero attached hydrogens (tertiary/aromatic N) is 2. The lowest BCUT2D eigenvalue weighted by molar-refractivity contribution is -0.148. The van der Waals surface area contributed by atoms with Crippen LogP contribution in [0.25, 0.3) is 0 Å². The first-order valence-electron chi connectivity index (χ1n) is 9.75. The van der Waals surface area contributed by atoms with Gasteiger partial charge in [0.05, 0.1) is 18.7 Å². The van der Waals surface area contributed by atoms with Gasteiger partial charge in [0.2, 0.25) is 0 Å². The van der Waals surface area contributed by atoms with Crippen LogP contribution >= 0.6 is 0 Å². The maximum atomic E-state index is 12.4. The van der Waals surface area contributed by atoms with Gasteiger partial charge in [0.15, 0.2) is 5.96 Å². The van der Waals surface area contributed by atoms with Gasteiger partial charge in [0, 0.05) is 19.7 Å². The second kappa shape index (κ2) is 9.78. The highest BCUT2D eigenvalue weighted by Crippen LogP contribution is 2.25. The van der Waals surface area contributed by atoms with Crippen LogP contribution in [0, 0.1) is 5.92 Å². The van der Waals surface area contributed by atoms with Crippen LogP contribution in [0.3, 0.4) is 0 Å². The fraction of sp³-hybridized carbons (Fsp3) is 0.944. The molecule has 2 fully saturated rings. The van der Waals surface area contributed by atoms with E-state index in [1.54, 1.807) is 0 Å². The lowest BCUT2D eigenvalue weighted by Gasteiger charge is -2.32. The Kier molecular flexibility index (Phi) is 8.01.